The van der Waals surface area contributed by atoms with Crippen LogP contribution in [0.4, 0.5) is 5.95 Å². The summed E-state index contributed by atoms with van der Waals surface area (Å²) in [6, 6.07) is 0. The maximum atomic E-state index is 4.26. The van der Waals surface area contributed by atoms with Crippen LogP contribution in [0.25, 0.3) is 0 Å². The van der Waals surface area contributed by atoms with E-state index in [4.69, 9.17) is 0 Å². The first-order valence-electron chi connectivity index (χ1n) is 5.44. The van der Waals surface area contributed by atoms with Crippen molar-refractivity contribution in [2.75, 3.05) is 31.6 Å². The fraction of sp³-hybridized carbons (Fsp3) is 0.636. The Morgan fingerprint density at radius 1 is 1.27 bits per heavy atom. The van der Waals surface area contributed by atoms with Gasteiger partial charge in [-0.05, 0) is 25.5 Å². The van der Waals surface area contributed by atoms with Crippen molar-refractivity contribution < 1.29 is 0 Å². The highest BCUT2D eigenvalue weighted by Gasteiger charge is 2.01. The second kappa shape index (κ2) is 6.35. The lowest BCUT2D eigenvalue weighted by Gasteiger charge is -2.16. The van der Waals surface area contributed by atoms with Crippen molar-refractivity contribution in [3.63, 3.8) is 0 Å². The summed E-state index contributed by atoms with van der Waals surface area (Å²) in [6.07, 6.45) is 4.86. The van der Waals surface area contributed by atoms with Crippen molar-refractivity contribution in [2.24, 2.45) is 0 Å². The highest BCUT2D eigenvalue weighted by Crippen LogP contribution is 2.02. The molecule has 0 aliphatic heterocycles. The number of nitrogens with one attached hydrogen (secondary N) is 1. The van der Waals surface area contributed by atoms with Gasteiger partial charge in [0.1, 0.15) is 0 Å². The van der Waals surface area contributed by atoms with Crippen LogP contribution < -0.4 is 10.2 Å². The van der Waals surface area contributed by atoms with E-state index in [-0.39, 0.29) is 0 Å². The Morgan fingerprint density at radius 3 is 2.53 bits per heavy atom. The van der Waals surface area contributed by atoms with E-state index in [1.54, 1.807) is 0 Å². The summed E-state index contributed by atoms with van der Waals surface area (Å²) in [4.78, 5) is 10.6. The molecule has 4 heteroatoms. The van der Waals surface area contributed by atoms with Crippen LogP contribution in [0.2, 0.25) is 0 Å². The van der Waals surface area contributed by atoms with E-state index >= 15 is 0 Å². The van der Waals surface area contributed by atoms with E-state index in [9.17, 15) is 0 Å². The lowest BCUT2D eigenvalue weighted by atomic mass is 10.4. The van der Waals surface area contributed by atoms with Crippen LogP contribution in [0.3, 0.4) is 0 Å². The minimum atomic E-state index is 0.791. The molecule has 0 saturated heterocycles. The molecule has 0 spiro atoms. The average Bonchev–Trinajstić information content (AvgIpc) is 2.25. The predicted molar refractivity (Wildman–Crippen MR) is 63.2 cm³/mol. The smallest absolute Gasteiger partial charge is 0.225 e. The third-order valence-electron chi connectivity index (χ3n) is 2.16. The fourth-order valence-corrected chi connectivity index (χ4v) is 1.23. The summed E-state index contributed by atoms with van der Waals surface area (Å²) in [5.74, 6) is 0.791. The van der Waals surface area contributed by atoms with Gasteiger partial charge in [-0.2, -0.15) is 0 Å². The van der Waals surface area contributed by atoms with Crippen molar-refractivity contribution >= 4 is 5.95 Å². The van der Waals surface area contributed by atoms with Crippen molar-refractivity contribution in [1.82, 2.24) is 15.3 Å². The van der Waals surface area contributed by atoms with Crippen LogP contribution in [-0.4, -0.2) is 36.6 Å². The van der Waals surface area contributed by atoms with Gasteiger partial charge < -0.3 is 10.2 Å². The standard InChI is InChI=1S/C11H20N4/c1-4-5-12-6-7-15(3)11-13-8-10(2)9-14-11/h8-9,12H,4-7H2,1-3H3. The molecule has 0 aromatic carbocycles. The van der Waals surface area contributed by atoms with Crippen LogP contribution in [0.1, 0.15) is 18.9 Å². The second-order valence-corrected chi connectivity index (χ2v) is 3.73. The second-order valence-electron chi connectivity index (χ2n) is 3.73. The Bertz CT molecular complexity index is 270. The molecule has 0 aliphatic carbocycles. The van der Waals surface area contributed by atoms with Crippen LogP contribution in [0.5, 0.6) is 0 Å². The summed E-state index contributed by atoms with van der Waals surface area (Å²) >= 11 is 0. The highest BCUT2D eigenvalue weighted by atomic mass is 15.2. The van der Waals surface area contributed by atoms with Gasteiger partial charge in [0.25, 0.3) is 0 Å². The molecule has 1 rings (SSSR count). The van der Waals surface area contributed by atoms with E-state index in [0.29, 0.717) is 0 Å². The number of anilines is 1. The predicted octanol–water partition coefficient (Wildman–Crippen LogP) is 1.22. The van der Waals surface area contributed by atoms with E-state index in [1.165, 1.54) is 6.42 Å². The van der Waals surface area contributed by atoms with Crippen molar-refractivity contribution in [3.05, 3.63) is 18.0 Å². The first-order chi connectivity index (χ1) is 7.24. The normalized spacial score (nSPS) is 10.3. The summed E-state index contributed by atoms with van der Waals surface area (Å²) in [5.41, 5.74) is 1.09. The lowest BCUT2D eigenvalue weighted by molar-refractivity contribution is 0.661. The number of nitrogens with zero attached hydrogens (tertiary/aromatic N) is 3. The van der Waals surface area contributed by atoms with Crippen molar-refractivity contribution in [1.29, 1.82) is 0 Å². The zero-order valence-corrected chi connectivity index (χ0v) is 9.82. The highest BCUT2D eigenvalue weighted by molar-refractivity contribution is 5.27. The molecule has 1 N–H and O–H groups in total. The van der Waals surface area contributed by atoms with Crippen molar-refractivity contribution in [2.45, 2.75) is 20.3 Å². The summed E-state index contributed by atoms with van der Waals surface area (Å²) in [6.45, 7) is 7.14. The number of hydrogen-bond donors (Lipinski definition) is 1. The molecule has 1 aromatic heterocycles. The zero-order chi connectivity index (χ0) is 11.1. The topological polar surface area (TPSA) is 41.0 Å². The molecule has 84 valence electrons. The molecule has 0 aliphatic rings. The Hall–Kier alpha value is -1.16. The molecule has 0 unspecified atom stereocenters. The van der Waals surface area contributed by atoms with Gasteiger partial charge in [-0.15, -0.1) is 0 Å². The summed E-state index contributed by atoms with van der Waals surface area (Å²) < 4.78 is 0. The Balaban J connectivity index is 2.33. The maximum absolute atomic E-state index is 4.26. The molecule has 1 heterocycles. The number of aromatic nitrogens is 2. The van der Waals surface area contributed by atoms with Gasteiger partial charge in [-0.3, -0.25) is 0 Å². The largest absolute Gasteiger partial charge is 0.343 e. The Kier molecular flexibility index (Phi) is 5.04. The Labute approximate surface area is 91.7 Å². The molecule has 0 fully saturated rings. The number of rotatable bonds is 6. The van der Waals surface area contributed by atoms with Crippen LogP contribution in [-0.2, 0) is 0 Å². The molecule has 15 heavy (non-hydrogen) atoms. The quantitative estimate of drug-likeness (QED) is 0.714. The van der Waals surface area contributed by atoms with Gasteiger partial charge in [0.05, 0.1) is 0 Å². The monoisotopic (exact) mass is 208 g/mol. The zero-order valence-electron chi connectivity index (χ0n) is 9.82. The molecule has 1 aromatic rings. The van der Waals surface area contributed by atoms with Gasteiger partial charge >= 0.3 is 0 Å². The molecular weight excluding hydrogens is 188 g/mol. The molecule has 0 radical (unpaired) electrons. The molecule has 0 atom stereocenters. The van der Waals surface area contributed by atoms with Crippen LogP contribution in [0.15, 0.2) is 12.4 Å². The van der Waals surface area contributed by atoms with Gasteiger partial charge in [-0.25, -0.2) is 9.97 Å². The Morgan fingerprint density at radius 2 is 1.93 bits per heavy atom. The minimum Gasteiger partial charge on any atom is -0.343 e. The molecule has 4 nitrogen and oxygen atoms in total. The third-order valence-corrected chi connectivity index (χ3v) is 2.16. The molecule has 0 saturated carbocycles. The van der Waals surface area contributed by atoms with Crippen LogP contribution in [0, 0.1) is 6.92 Å². The first-order valence-corrected chi connectivity index (χ1v) is 5.44. The molecular formula is C11H20N4. The maximum Gasteiger partial charge on any atom is 0.225 e. The number of aryl methyl sites for hydroxylation is 1. The van der Waals surface area contributed by atoms with Crippen LogP contribution >= 0.6 is 0 Å². The summed E-state index contributed by atoms with van der Waals surface area (Å²) in [7, 11) is 2.01. The summed E-state index contributed by atoms with van der Waals surface area (Å²) in [5, 5.41) is 3.35. The number of hydrogen-bond acceptors (Lipinski definition) is 4. The molecule has 0 amide bonds. The van der Waals surface area contributed by atoms with Gasteiger partial charge in [0.2, 0.25) is 5.95 Å². The fourth-order valence-electron chi connectivity index (χ4n) is 1.23. The average molecular weight is 208 g/mol. The van der Waals surface area contributed by atoms with E-state index < -0.39 is 0 Å². The van der Waals surface area contributed by atoms with E-state index in [0.717, 1.165) is 31.1 Å². The van der Waals surface area contributed by atoms with E-state index in [2.05, 4.69) is 27.1 Å². The number of likely N-dealkylation sites (N-methyl/N-ethyl adjacent to an activating group) is 1. The first kappa shape index (κ1) is 11.9. The van der Waals surface area contributed by atoms with E-state index in [1.807, 2.05) is 26.4 Å². The van der Waals surface area contributed by atoms with Crippen molar-refractivity contribution in [3.8, 4) is 0 Å². The lowest BCUT2D eigenvalue weighted by Crippen LogP contribution is -2.30. The molecule has 0 bridgehead atoms. The van der Waals surface area contributed by atoms with Gasteiger partial charge in [0, 0.05) is 32.5 Å². The van der Waals surface area contributed by atoms with Gasteiger partial charge in [-0.1, -0.05) is 6.92 Å². The van der Waals surface area contributed by atoms with Gasteiger partial charge in [0.15, 0.2) is 0 Å². The SMILES string of the molecule is CCCNCCN(C)c1ncc(C)cn1. The minimum absolute atomic E-state index is 0.791. The third kappa shape index (κ3) is 4.25.